The van der Waals surface area contributed by atoms with Crippen molar-refractivity contribution in [3.05, 3.63) is 50.2 Å². The average molecular weight is 416 g/mol. The van der Waals surface area contributed by atoms with Gasteiger partial charge in [0, 0.05) is 17.9 Å². The number of hydrogen-bond donors (Lipinski definition) is 1. The molecule has 1 atom stereocenters. The molecule has 6 heteroatoms. The van der Waals surface area contributed by atoms with Gasteiger partial charge in [0.05, 0.1) is 21.8 Å². The van der Waals surface area contributed by atoms with Crippen molar-refractivity contribution in [3.63, 3.8) is 0 Å². The molecule has 1 aromatic heterocycles. The van der Waals surface area contributed by atoms with Gasteiger partial charge in [-0.1, -0.05) is 28.1 Å². The lowest BCUT2D eigenvalue weighted by atomic mass is 9.95. The van der Waals surface area contributed by atoms with Crippen LogP contribution in [0.5, 0.6) is 0 Å². The van der Waals surface area contributed by atoms with Gasteiger partial charge in [-0.3, -0.25) is 9.48 Å². The molecule has 0 fully saturated rings. The molecule has 0 aliphatic rings. The van der Waals surface area contributed by atoms with E-state index < -0.39 is 11.9 Å². The summed E-state index contributed by atoms with van der Waals surface area (Å²) in [6.45, 7) is 1.90. The van der Waals surface area contributed by atoms with Gasteiger partial charge in [0.2, 0.25) is 0 Å². The Balaban J connectivity index is 2.20. The van der Waals surface area contributed by atoms with Crippen molar-refractivity contribution in [1.29, 1.82) is 0 Å². The average Bonchev–Trinajstić information content (AvgIpc) is 2.66. The highest BCUT2D eigenvalue weighted by atomic mass is 79.9. The first-order valence-corrected chi connectivity index (χ1v) is 8.12. The molecule has 1 heterocycles. The lowest BCUT2D eigenvalue weighted by Gasteiger charge is -2.13. The molecule has 0 saturated heterocycles. The van der Waals surface area contributed by atoms with Crippen molar-refractivity contribution in [2.45, 2.75) is 19.8 Å². The molecular weight excluding hydrogens is 400 g/mol. The zero-order valence-corrected chi connectivity index (χ0v) is 15.0. The lowest BCUT2D eigenvalue weighted by Crippen LogP contribution is -2.20. The highest BCUT2D eigenvalue weighted by Crippen LogP contribution is 2.25. The Kier molecular flexibility index (Phi) is 5.22. The number of rotatable bonds is 5. The summed E-state index contributed by atoms with van der Waals surface area (Å²) in [6.07, 6.45) is 0.947. The molecule has 1 unspecified atom stereocenters. The van der Waals surface area contributed by atoms with Crippen LogP contribution in [-0.2, 0) is 24.7 Å². The van der Waals surface area contributed by atoms with Crippen molar-refractivity contribution < 1.29 is 9.90 Å². The SMILES string of the molecule is Cc1nn(C)c(CC(Cc2ccc(Br)cc2)C(=O)O)c1Br. The molecule has 112 valence electrons. The van der Waals surface area contributed by atoms with Gasteiger partial charge >= 0.3 is 5.97 Å². The molecule has 0 spiro atoms. The molecule has 0 saturated carbocycles. The summed E-state index contributed by atoms with van der Waals surface area (Å²) in [5.74, 6) is -1.26. The summed E-state index contributed by atoms with van der Waals surface area (Å²) in [5.41, 5.74) is 2.80. The molecule has 2 aromatic rings. The lowest BCUT2D eigenvalue weighted by molar-refractivity contribution is -0.141. The van der Waals surface area contributed by atoms with E-state index in [1.807, 2.05) is 38.2 Å². The van der Waals surface area contributed by atoms with Gasteiger partial charge in [0.1, 0.15) is 0 Å². The monoisotopic (exact) mass is 414 g/mol. The number of carboxylic acid groups (broad SMARTS) is 1. The molecule has 1 aromatic carbocycles. The Hall–Kier alpha value is -1.14. The minimum absolute atomic E-state index is 0.448. The van der Waals surface area contributed by atoms with E-state index in [1.165, 1.54) is 0 Å². The molecule has 1 N–H and O–H groups in total. The number of nitrogens with zero attached hydrogens (tertiary/aromatic N) is 2. The molecule has 2 rings (SSSR count). The highest BCUT2D eigenvalue weighted by Gasteiger charge is 2.22. The van der Waals surface area contributed by atoms with Crippen LogP contribution in [0.15, 0.2) is 33.2 Å². The highest BCUT2D eigenvalue weighted by molar-refractivity contribution is 9.10. The fourth-order valence-electron chi connectivity index (χ4n) is 2.29. The zero-order chi connectivity index (χ0) is 15.6. The molecule has 21 heavy (non-hydrogen) atoms. The number of benzene rings is 1. The first kappa shape index (κ1) is 16.2. The third-order valence-electron chi connectivity index (χ3n) is 3.45. The maximum atomic E-state index is 11.6. The molecule has 0 amide bonds. The van der Waals surface area contributed by atoms with Crippen LogP contribution < -0.4 is 0 Å². The second kappa shape index (κ2) is 6.75. The van der Waals surface area contributed by atoms with Gasteiger partial charge in [-0.25, -0.2) is 0 Å². The molecule has 4 nitrogen and oxygen atoms in total. The van der Waals surface area contributed by atoms with Gasteiger partial charge in [0.15, 0.2) is 0 Å². The predicted octanol–water partition coefficient (Wildman–Crippen LogP) is 3.74. The van der Waals surface area contributed by atoms with E-state index in [0.717, 1.165) is 25.9 Å². The van der Waals surface area contributed by atoms with Crippen molar-refractivity contribution in [1.82, 2.24) is 9.78 Å². The van der Waals surface area contributed by atoms with Gasteiger partial charge in [-0.05, 0) is 47.0 Å². The Morgan fingerprint density at radius 1 is 1.29 bits per heavy atom. The second-order valence-corrected chi connectivity index (χ2v) is 6.75. The molecular formula is C15H16Br2N2O2. The maximum Gasteiger partial charge on any atom is 0.307 e. The third-order valence-corrected chi connectivity index (χ3v) is 5.01. The summed E-state index contributed by atoms with van der Waals surface area (Å²) in [6, 6.07) is 7.75. The standard InChI is InChI=1S/C15H16Br2N2O2/c1-9-14(17)13(19(2)18-9)8-11(15(20)21)7-10-3-5-12(16)6-4-10/h3-6,11H,7-8H2,1-2H3,(H,20,21). The minimum atomic E-state index is -0.788. The topological polar surface area (TPSA) is 55.1 Å². The Morgan fingerprint density at radius 3 is 2.38 bits per heavy atom. The Bertz CT molecular complexity index is 650. The van der Waals surface area contributed by atoms with E-state index in [2.05, 4.69) is 37.0 Å². The number of aryl methyl sites for hydroxylation is 2. The normalized spacial score (nSPS) is 12.4. The summed E-state index contributed by atoms with van der Waals surface area (Å²) in [7, 11) is 1.84. The van der Waals surface area contributed by atoms with Crippen LogP contribution in [-0.4, -0.2) is 20.9 Å². The summed E-state index contributed by atoms with van der Waals surface area (Å²) in [4.78, 5) is 11.6. The summed E-state index contributed by atoms with van der Waals surface area (Å²) >= 11 is 6.87. The third kappa shape index (κ3) is 3.95. The van der Waals surface area contributed by atoms with Crippen LogP contribution >= 0.6 is 31.9 Å². The fourth-order valence-corrected chi connectivity index (χ4v) is 3.05. The first-order valence-electron chi connectivity index (χ1n) is 6.53. The molecule has 0 radical (unpaired) electrons. The van der Waals surface area contributed by atoms with Crippen LogP contribution in [0.4, 0.5) is 0 Å². The quantitative estimate of drug-likeness (QED) is 0.809. The van der Waals surface area contributed by atoms with E-state index in [9.17, 15) is 9.90 Å². The first-order chi connectivity index (χ1) is 9.88. The van der Waals surface area contributed by atoms with Gasteiger partial charge < -0.3 is 5.11 Å². The molecule has 0 bridgehead atoms. The van der Waals surface area contributed by atoms with Gasteiger partial charge in [-0.15, -0.1) is 0 Å². The van der Waals surface area contributed by atoms with E-state index >= 15 is 0 Å². The number of aliphatic carboxylic acids is 1. The zero-order valence-electron chi connectivity index (χ0n) is 11.8. The Morgan fingerprint density at radius 2 is 1.90 bits per heavy atom. The van der Waals surface area contributed by atoms with E-state index in [4.69, 9.17) is 0 Å². The fraction of sp³-hybridized carbons (Fsp3) is 0.333. The number of halogens is 2. The molecule has 0 aliphatic carbocycles. The number of carboxylic acids is 1. The summed E-state index contributed by atoms with van der Waals surface area (Å²) in [5, 5.41) is 13.8. The van der Waals surface area contributed by atoms with Gasteiger partial charge in [-0.2, -0.15) is 5.10 Å². The Labute approximate surface area is 140 Å². The van der Waals surface area contributed by atoms with E-state index in [-0.39, 0.29) is 0 Å². The van der Waals surface area contributed by atoms with Crippen LogP contribution in [0.1, 0.15) is 17.0 Å². The number of carbonyl (C=O) groups is 1. The van der Waals surface area contributed by atoms with Crippen molar-refractivity contribution in [2.75, 3.05) is 0 Å². The molecule has 0 aliphatic heterocycles. The van der Waals surface area contributed by atoms with Crippen molar-refractivity contribution >= 4 is 37.8 Å². The second-order valence-electron chi connectivity index (χ2n) is 5.04. The maximum absolute atomic E-state index is 11.6. The van der Waals surface area contributed by atoms with Crippen LogP contribution in [0.25, 0.3) is 0 Å². The smallest absolute Gasteiger partial charge is 0.307 e. The van der Waals surface area contributed by atoms with Crippen LogP contribution in [0.3, 0.4) is 0 Å². The summed E-state index contributed by atoms with van der Waals surface area (Å²) < 4.78 is 3.63. The minimum Gasteiger partial charge on any atom is -0.481 e. The predicted molar refractivity (Wildman–Crippen MR) is 88.3 cm³/mol. The number of hydrogen-bond acceptors (Lipinski definition) is 2. The van der Waals surface area contributed by atoms with Gasteiger partial charge in [0.25, 0.3) is 0 Å². The van der Waals surface area contributed by atoms with E-state index in [0.29, 0.717) is 12.8 Å². The van der Waals surface area contributed by atoms with E-state index in [1.54, 1.807) is 4.68 Å². The van der Waals surface area contributed by atoms with Crippen molar-refractivity contribution in [3.8, 4) is 0 Å². The van der Waals surface area contributed by atoms with Crippen LogP contribution in [0, 0.1) is 12.8 Å². The largest absolute Gasteiger partial charge is 0.481 e. The van der Waals surface area contributed by atoms with Crippen molar-refractivity contribution in [2.24, 2.45) is 13.0 Å². The van der Waals surface area contributed by atoms with Crippen LogP contribution in [0.2, 0.25) is 0 Å². The number of aromatic nitrogens is 2.